The molecule has 0 amide bonds. The van der Waals surface area contributed by atoms with Gasteiger partial charge >= 0.3 is 6.61 Å². The summed E-state index contributed by atoms with van der Waals surface area (Å²) in [7, 11) is 0. The third kappa shape index (κ3) is 4.21. The predicted octanol–water partition coefficient (Wildman–Crippen LogP) is 5.16. The second kappa shape index (κ2) is 7.08. The first kappa shape index (κ1) is 15.3. The van der Waals surface area contributed by atoms with E-state index in [1.807, 2.05) is 24.3 Å². The normalized spacial score (nSPS) is 10.7. The molecule has 2 nitrogen and oxygen atoms in total. The molecule has 1 N–H and O–H groups in total. The van der Waals surface area contributed by atoms with Crippen molar-refractivity contribution in [3.8, 4) is 5.75 Å². The van der Waals surface area contributed by atoms with E-state index in [2.05, 4.69) is 32.6 Å². The Hall–Kier alpha value is -1.08. The van der Waals surface area contributed by atoms with Crippen LogP contribution in [0.5, 0.6) is 5.75 Å². The van der Waals surface area contributed by atoms with E-state index in [4.69, 9.17) is 11.6 Å². The lowest BCUT2D eigenvalue weighted by Gasteiger charge is -2.13. The summed E-state index contributed by atoms with van der Waals surface area (Å²) in [6, 6.07) is 12.3. The number of benzene rings is 2. The van der Waals surface area contributed by atoms with Gasteiger partial charge in [-0.05, 0) is 52.9 Å². The summed E-state index contributed by atoms with van der Waals surface area (Å²) in [5.41, 5.74) is 1.51. The van der Waals surface area contributed by atoms with Gasteiger partial charge in [0.25, 0.3) is 0 Å². The molecule has 0 radical (unpaired) electrons. The first-order valence-electron chi connectivity index (χ1n) is 5.78. The van der Waals surface area contributed by atoms with Gasteiger partial charge in [0, 0.05) is 26.4 Å². The number of alkyl halides is 2. The first-order chi connectivity index (χ1) is 9.56. The van der Waals surface area contributed by atoms with Crippen molar-refractivity contribution in [1.82, 2.24) is 0 Å². The highest BCUT2D eigenvalue weighted by atomic mass is 127. The van der Waals surface area contributed by atoms with Crippen molar-refractivity contribution in [1.29, 1.82) is 0 Å². The number of halogens is 4. The van der Waals surface area contributed by atoms with Crippen LogP contribution in [0.25, 0.3) is 0 Å². The fourth-order valence-electron chi connectivity index (χ4n) is 1.69. The van der Waals surface area contributed by atoms with Gasteiger partial charge in [0.1, 0.15) is 5.75 Å². The van der Waals surface area contributed by atoms with Crippen molar-refractivity contribution in [2.75, 3.05) is 5.32 Å². The van der Waals surface area contributed by atoms with Crippen molar-refractivity contribution in [2.24, 2.45) is 0 Å². The van der Waals surface area contributed by atoms with Crippen LogP contribution < -0.4 is 10.1 Å². The third-order valence-corrected chi connectivity index (χ3v) is 3.76. The molecular formula is C14H11ClF2INO. The minimum atomic E-state index is -2.85. The van der Waals surface area contributed by atoms with Crippen molar-refractivity contribution in [2.45, 2.75) is 13.2 Å². The minimum absolute atomic E-state index is 0.128. The van der Waals surface area contributed by atoms with Crippen LogP contribution in [0.2, 0.25) is 5.02 Å². The highest BCUT2D eigenvalue weighted by Crippen LogP contribution is 2.26. The molecule has 0 aromatic heterocycles. The Bertz CT molecular complexity index is 595. The molecule has 2 aromatic rings. The van der Waals surface area contributed by atoms with E-state index >= 15 is 0 Å². The summed E-state index contributed by atoms with van der Waals surface area (Å²) in [5.74, 6) is 0.128. The molecule has 20 heavy (non-hydrogen) atoms. The average molecular weight is 410 g/mol. The predicted molar refractivity (Wildman–Crippen MR) is 84.6 cm³/mol. The zero-order valence-electron chi connectivity index (χ0n) is 10.2. The van der Waals surface area contributed by atoms with Crippen LogP contribution in [0, 0.1) is 3.57 Å². The summed E-state index contributed by atoms with van der Waals surface area (Å²) < 4.78 is 30.2. The Morgan fingerprint density at radius 2 is 1.95 bits per heavy atom. The molecule has 0 unspecified atom stereocenters. The standard InChI is InChI=1S/C14H11ClF2INO/c15-10-5-6-13(20-14(16)17)9(7-10)8-19-12-4-2-1-3-11(12)18/h1-7,14,19H,8H2. The van der Waals surface area contributed by atoms with Crippen molar-refractivity contribution in [3.63, 3.8) is 0 Å². The average Bonchev–Trinajstić information content (AvgIpc) is 2.40. The highest BCUT2D eigenvalue weighted by molar-refractivity contribution is 14.1. The molecular weight excluding hydrogens is 399 g/mol. The molecule has 0 heterocycles. The molecule has 6 heteroatoms. The fourth-order valence-corrected chi connectivity index (χ4v) is 2.46. The summed E-state index contributed by atoms with van der Waals surface area (Å²) in [4.78, 5) is 0. The smallest absolute Gasteiger partial charge is 0.387 e. The number of hydrogen-bond acceptors (Lipinski definition) is 2. The van der Waals surface area contributed by atoms with Gasteiger partial charge in [0.05, 0.1) is 0 Å². The second-order valence-corrected chi connectivity index (χ2v) is 5.56. The zero-order chi connectivity index (χ0) is 14.5. The van der Waals surface area contributed by atoms with Crippen LogP contribution in [-0.2, 0) is 6.54 Å². The topological polar surface area (TPSA) is 21.3 Å². The van der Waals surface area contributed by atoms with E-state index in [0.717, 1.165) is 9.26 Å². The van der Waals surface area contributed by atoms with Crippen LogP contribution in [-0.4, -0.2) is 6.61 Å². The lowest BCUT2D eigenvalue weighted by Crippen LogP contribution is -2.07. The molecule has 106 valence electrons. The fraction of sp³-hybridized carbons (Fsp3) is 0.143. The monoisotopic (exact) mass is 409 g/mol. The number of hydrogen-bond donors (Lipinski definition) is 1. The van der Waals surface area contributed by atoms with Gasteiger partial charge in [-0.15, -0.1) is 0 Å². The zero-order valence-corrected chi connectivity index (χ0v) is 13.2. The molecule has 0 aliphatic rings. The molecule has 0 aliphatic heterocycles. The summed E-state index contributed by atoms with van der Waals surface area (Å²) in [5, 5.41) is 3.66. The molecule has 0 fully saturated rings. The minimum Gasteiger partial charge on any atom is -0.434 e. The number of ether oxygens (including phenoxy) is 1. The van der Waals surface area contributed by atoms with Crippen molar-refractivity contribution in [3.05, 3.63) is 56.6 Å². The molecule has 0 spiro atoms. The molecule has 2 aromatic carbocycles. The molecule has 0 bridgehead atoms. The van der Waals surface area contributed by atoms with Gasteiger partial charge in [-0.3, -0.25) is 0 Å². The third-order valence-electron chi connectivity index (χ3n) is 2.58. The molecule has 0 saturated heterocycles. The Morgan fingerprint density at radius 3 is 2.65 bits per heavy atom. The molecule has 0 saturated carbocycles. The van der Waals surface area contributed by atoms with Gasteiger partial charge in [-0.25, -0.2) is 0 Å². The maximum Gasteiger partial charge on any atom is 0.387 e. The van der Waals surface area contributed by atoms with E-state index in [1.165, 1.54) is 12.1 Å². The lowest BCUT2D eigenvalue weighted by molar-refractivity contribution is -0.0504. The van der Waals surface area contributed by atoms with Crippen LogP contribution in [0.3, 0.4) is 0 Å². The van der Waals surface area contributed by atoms with Crippen LogP contribution in [0.15, 0.2) is 42.5 Å². The van der Waals surface area contributed by atoms with Gasteiger partial charge in [0.15, 0.2) is 0 Å². The number of rotatable bonds is 5. The summed E-state index contributed by atoms with van der Waals surface area (Å²) in [6.07, 6.45) is 0. The number of anilines is 1. The highest BCUT2D eigenvalue weighted by Gasteiger charge is 2.10. The second-order valence-electron chi connectivity index (χ2n) is 3.96. The lowest BCUT2D eigenvalue weighted by atomic mass is 10.2. The molecule has 2 rings (SSSR count). The van der Waals surface area contributed by atoms with E-state index in [9.17, 15) is 8.78 Å². The quantitative estimate of drug-likeness (QED) is 0.689. The van der Waals surface area contributed by atoms with Crippen LogP contribution in [0.1, 0.15) is 5.56 Å². The molecule has 0 aliphatic carbocycles. The summed E-state index contributed by atoms with van der Waals surface area (Å²) in [6.45, 7) is -2.50. The number of para-hydroxylation sites is 1. The maximum atomic E-state index is 12.4. The Kier molecular flexibility index (Phi) is 5.42. The Balaban J connectivity index is 2.16. The van der Waals surface area contributed by atoms with Crippen LogP contribution in [0.4, 0.5) is 14.5 Å². The van der Waals surface area contributed by atoms with Gasteiger partial charge in [-0.2, -0.15) is 8.78 Å². The van der Waals surface area contributed by atoms with Crippen molar-refractivity contribution < 1.29 is 13.5 Å². The largest absolute Gasteiger partial charge is 0.434 e. The van der Waals surface area contributed by atoms with Gasteiger partial charge in [0.2, 0.25) is 0 Å². The van der Waals surface area contributed by atoms with Gasteiger partial charge in [-0.1, -0.05) is 23.7 Å². The Labute approximate surface area is 134 Å². The first-order valence-corrected chi connectivity index (χ1v) is 7.23. The van der Waals surface area contributed by atoms with E-state index in [-0.39, 0.29) is 5.75 Å². The van der Waals surface area contributed by atoms with Crippen LogP contribution >= 0.6 is 34.2 Å². The van der Waals surface area contributed by atoms with Gasteiger partial charge < -0.3 is 10.1 Å². The van der Waals surface area contributed by atoms with E-state index < -0.39 is 6.61 Å². The SMILES string of the molecule is FC(F)Oc1ccc(Cl)cc1CNc1ccccc1I. The summed E-state index contributed by atoms with van der Waals surface area (Å²) >= 11 is 8.09. The Morgan fingerprint density at radius 1 is 1.20 bits per heavy atom. The molecule has 0 atom stereocenters. The van der Waals surface area contributed by atoms with E-state index in [1.54, 1.807) is 6.07 Å². The maximum absolute atomic E-state index is 12.4. The number of nitrogens with one attached hydrogen (secondary N) is 1. The van der Waals surface area contributed by atoms with E-state index in [0.29, 0.717) is 17.1 Å². The van der Waals surface area contributed by atoms with Crippen molar-refractivity contribution >= 4 is 39.9 Å².